The van der Waals surface area contributed by atoms with E-state index >= 15 is 0 Å². The number of aromatic nitrogens is 4. The molecular weight excluding hydrogens is 425 g/mol. The average molecular weight is 458 g/mol. The molecule has 1 aliphatic carbocycles. The van der Waals surface area contributed by atoms with Gasteiger partial charge >= 0.3 is 0 Å². The molecule has 0 bridgehead atoms. The van der Waals surface area contributed by atoms with E-state index < -0.39 is 6.04 Å². The van der Waals surface area contributed by atoms with Crippen LogP contribution < -0.4 is 11.1 Å². The SMILES string of the molecule is Cl.Cl.N[C@@H](Cc1cnc[nH]1)C(=O)NCc1cc2n(n1)CCCN(C1CCCCC1)C2. The zero-order valence-electron chi connectivity index (χ0n) is 17.3. The number of nitrogens with zero attached hydrogens (tertiary/aromatic N) is 4. The highest BCUT2D eigenvalue weighted by molar-refractivity contribution is 5.85. The van der Waals surface area contributed by atoms with Crippen molar-refractivity contribution in [2.75, 3.05) is 6.54 Å². The Balaban J connectivity index is 0.00000160. The summed E-state index contributed by atoms with van der Waals surface area (Å²) in [5, 5.41) is 7.64. The predicted octanol–water partition coefficient (Wildman–Crippen LogP) is 2.17. The first-order chi connectivity index (χ1) is 13.7. The molecule has 1 saturated carbocycles. The van der Waals surface area contributed by atoms with Crippen molar-refractivity contribution in [3.05, 3.63) is 35.7 Å². The van der Waals surface area contributed by atoms with Gasteiger partial charge in [-0.05, 0) is 25.3 Å². The third-order valence-corrected chi connectivity index (χ3v) is 5.96. The fourth-order valence-corrected chi connectivity index (χ4v) is 4.43. The molecule has 2 aliphatic rings. The van der Waals surface area contributed by atoms with Gasteiger partial charge < -0.3 is 16.0 Å². The van der Waals surface area contributed by atoms with Gasteiger partial charge in [0.2, 0.25) is 5.91 Å². The second-order valence-electron chi connectivity index (χ2n) is 8.07. The van der Waals surface area contributed by atoms with E-state index in [9.17, 15) is 4.79 Å². The van der Waals surface area contributed by atoms with Gasteiger partial charge in [0.15, 0.2) is 0 Å². The number of carbonyl (C=O) groups excluding carboxylic acids is 1. The Kier molecular flexibility index (Phi) is 9.61. The molecular formula is C20H33Cl2N7O. The van der Waals surface area contributed by atoms with E-state index in [1.807, 2.05) is 0 Å². The molecule has 4 N–H and O–H groups in total. The van der Waals surface area contributed by atoms with E-state index in [1.165, 1.54) is 37.8 Å². The van der Waals surface area contributed by atoms with Crippen LogP contribution in [0.15, 0.2) is 18.6 Å². The maximum absolute atomic E-state index is 12.3. The van der Waals surface area contributed by atoms with Crippen molar-refractivity contribution in [2.24, 2.45) is 5.73 Å². The molecule has 0 saturated heterocycles. The predicted molar refractivity (Wildman–Crippen MR) is 121 cm³/mol. The molecule has 0 unspecified atom stereocenters. The Morgan fingerprint density at radius 3 is 2.77 bits per heavy atom. The molecule has 1 fully saturated rings. The van der Waals surface area contributed by atoms with Crippen LogP contribution in [0, 0.1) is 0 Å². The van der Waals surface area contributed by atoms with Crippen molar-refractivity contribution in [2.45, 2.75) is 76.7 Å². The number of nitrogens with two attached hydrogens (primary N) is 1. The summed E-state index contributed by atoms with van der Waals surface area (Å²) in [5.74, 6) is -0.165. The molecule has 168 valence electrons. The minimum atomic E-state index is -0.595. The van der Waals surface area contributed by atoms with Gasteiger partial charge in [-0.15, -0.1) is 24.8 Å². The van der Waals surface area contributed by atoms with Crippen LogP contribution in [0.2, 0.25) is 0 Å². The summed E-state index contributed by atoms with van der Waals surface area (Å²) in [4.78, 5) is 21.9. The van der Waals surface area contributed by atoms with Crippen LogP contribution >= 0.6 is 24.8 Å². The lowest BCUT2D eigenvalue weighted by Crippen LogP contribution is -2.41. The number of amides is 1. The normalized spacial score (nSPS) is 18.4. The molecule has 30 heavy (non-hydrogen) atoms. The third kappa shape index (κ3) is 6.20. The Hall–Kier alpha value is -1.61. The number of halogens is 2. The zero-order chi connectivity index (χ0) is 19.3. The monoisotopic (exact) mass is 457 g/mol. The van der Waals surface area contributed by atoms with Gasteiger partial charge in [-0.2, -0.15) is 5.10 Å². The van der Waals surface area contributed by atoms with Gasteiger partial charge in [0.1, 0.15) is 0 Å². The molecule has 0 radical (unpaired) electrons. The summed E-state index contributed by atoms with van der Waals surface area (Å²) in [6.45, 7) is 3.48. The fraction of sp³-hybridized carbons (Fsp3) is 0.650. The number of fused-ring (bicyclic) bond motifs is 1. The van der Waals surface area contributed by atoms with Crippen molar-refractivity contribution in [3.63, 3.8) is 0 Å². The summed E-state index contributed by atoms with van der Waals surface area (Å²) in [6.07, 6.45) is 11.6. The van der Waals surface area contributed by atoms with E-state index in [2.05, 4.69) is 30.9 Å². The first kappa shape index (κ1) is 24.7. The average Bonchev–Trinajstić information content (AvgIpc) is 3.32. The zero-order valence-corrected chi connectivity index (χ0v) is 18.9. The molecule has 1 atom stereocenters. The van der Waals surface area contributed by atoms with Gasteiger partial charge in [-0.3, -0.25) is 14.4 Å². The molecule has 0 aromatic carbocycles. The molecule has 8 nitrogen and oxygen atoms in total. The largest absolute Gasteiger partial charge is 0.349 e. The summed E-state index contributed by atoms with van der Waals surface area (Å²) in [5.41, 5.74) is 9.02. The quantitative estimate of drug-likeness (QED) is 0.616. The van der Waals surface area contributed by atoms with Crippen molar-refractivity contribution >= 4 is 30.7 Å². The number of imidazole rings is 1. The number of aromatic amines is 1. The second-order valence-corrected chi connectivity index (χ2v) is 8.07. The van der Waals surface area contributed by atoms with Crippen LogP contribution in [0.5, 0.6) is 0 Å². The van der Waals surface area contributed by atoms with E-state index in [0.717, 1.165) is 43.5 Å². The summed E-state index contributed by atoms with van der Waals surface area (Å²) >= 11 is 0. The smallest absolute Gasteiger partial charge is 0.237 e. The standard InChI is InChI=1S/C20H31N7O.2ClH/c21-19(10-15-11-22-14-24-15)20(28)23-12-16-9-18-13-26(7-4-8-27(18)25-16)17-5-2-1-3-6-17;;/h9,11,14,17,19H,1-8,10,12-13,21H2,(H,22,24)(H,23,28);2*1H/t19-;;/m0../s1. The van der Waals surface area contributed by atoms with E-state index in [-0.39, 0.29) is 30.7 Å². The van der Waals surface area contributed by atoms with E-state index in [4.69, 9.17) is 10.8 Å². The summed E-state index contributed by atoms with van der Waals surface area (Å²) in [7, 11) is 0. The molecule has 2 aromatic heterocycles. The highest BCUT2D eigenvalue weighted by Crippen LogP contribution is 2.26. The van der Waals surface area contributed by atoms with Crippen molar-refractivity contribution in [3.8, 4) is 0 Å². The number of H-pyrrole nitrogens is 1. The summed E-state index contributed by atoms with van der Waals surface area (Å²) in [6, 6.07) is 2.27. The first-order valence-electron chi connectivity index (χ1n) is 10.5. The number of rotatable bonds is 6. The molecule has 4 rings (SSSR count). The van der Waals surface area contributed by atoms with Crippen LogP contribution in [-0.2, 0) is 30.8 Å². The summed E-state index contributed by atoms with van der Waals surface area (Å²) < 4.78 is 2.12. The van der Waals surface area contributed by atoms with Gasteiger partial charge in [0.05, 0.1) is 30.3 Å². The maximum Gasteiger partial charge on any atom is 0.237 e. The number of hydrogen-bond donors (Lipinski definition) is 3. The van der Waals surface area contributed by atoms with E-state index in [1.54, 1.807) is 12.5 Å². The van der Waals surface area contributed by atoms with Crippen molar-refractivity contribution in [1.29, 1.82) is 0 Å². The number of carbonyl (C=O) groups is 1. The maximum atomic E-state index is 12.3. The van der Waals surface area contributed by atoms with Gasteiger partial charge in [-0.25, -0.2) is 4.98 Å². The lowest BCUT2D eigenvalue weighted by atomic mass is 9.94. The van der Waals surface area contributed by atoms with E-state index in [0.29, 0.717) is 13.0 Å². The number of hydrogen-bond acceptors (Lipinski definition) is 5. The van der Waals surface area contributed by atoms with Gasteiger partial charge in [0, 0.05) is 44.0 Å². The Morgan fingerprint density at radius 1 is 1.23 bits per heavy atom. The van der Waals surface area contributed by atoms with Gasteiger partial charge in [-0.1, -0.05) is 19.3 Å². The van der Waals surface area contributed by atoms with Crippen LogP contribution in [-0.4, -0.2) is 49.2 Å². The Morgan fingerprint density at radius 2 is 2.03 bits per heavy atom. The topological polar surface area (TPSA) is 105 Å². The van der Waals surface area contributed by atoms with Crippen LogP contribution in [0.3, 0.4) is 0 Å². The molecule has 3 heterocycles. The first-order valence-corrected chi connectivity index (χ1v) is 10.5. The Bertz CT molecular complexity index is 774. The second kappa shape index (κ2) is 11.7. The molecule has 0 spiro atoms. The third-order valence-electron chi connectivity index (χ3n) is 5.96. The Labute approximate surface area is 190 Å². The minimum absolute atomic E-state index is 0. The van der Waals surface area contributed by atoms with Crippen LogP contribution in [0.1, 0.15) is 55.6 Å². The highest BCUT2D eigenvalue weighted by atomic mass is 35.5. The number of nitrogens with one attached hydrogen (secondary N) is 2. The highest BCUT2D eigenvalue weighted by Gasteiger charge is 2.25. The number of aryl methyl sites for hydroxylation is 1. The lowest BCUT2D eigenvalue weighted by molar-refractivity contribution is -0.122. The fourth-order valence-electron chi connectivity index (χ4n) is 4.43. The minimum Gasteiger partial charge on any atom is -0.349 e. The van der Waals surface area contributed by atoms with Crippen molar-refractivity contribution in [1.82, 2.24) is 30.0 Å². The van der Waals surface area contributed by atoms with Gasteiger partial charge in [0.25, 0.3) is 0 Å². The van der Waals surface area contributed by atoms with Crippen LogP contribution in [0.25, 0.3) is 0 Å². The molecule has 1 aliphatic heterocycles. The lowest BCUT2D eigenvalue weighted by Gasteiger charge is -2.33. The molecule has 1 amide bonds. The molecule has 10 heteroatoms. The molecule has 2 aromatic rings. The van der Waals surface area contributed by atoms with Crippen molar-refractivity contribution < 1.29 is 4.79 Å². The van der Waals surface area contributed by atoms with Crippen LogP contribution in [0.4, 0.5) is 0 Å².